The number of piperidine rings is 1. The lowest BCUT2D eigenvalue weighted by molar-refractivity contribution is -0.246. The summed E-state index contributed by atoms with van der Waals surface area (Å²) in [4.78, 5) is 54.1. The number of ether oxygens (including phenoxy) is 1. The summed E-state index contributed by atoms with van der Waals surface area (Å²) in [6.07, 6.45) is 7.04. The summed E-state index contributed by atoms with van der Waals surface area (Å²) >= 11 is 0. The van der Waals surface area contributed by atoms with Crippen LogP contribution in [0.3, 0.4) is 0 Å². The van der Waals surface area contributed by atoms with Crippen molar-refractivity contribution in [3.05, 3.63) is 12.2 Å². The van der Waals surface area contributed by atoms with Crippen LogP contribution in [0.4, 0.5) is 4.79 Å². The molecular formula is C33H60N6O6. The Labute approximate surface area is 270 Å². The Kier molecular flexibility index (Phi) is 13.9. The lowest BCUT2D eigenvalue weighted by Crippen LogP contribution is -2.64. The Morgan fingerprint density at radius 1 is 1.07 bits per heavy atom. The Balaban J connectivity index is 2.04. The molecule has 0 aromatic rings. The summed E-state index contributed by atoms with van der Waals surface area (Å²) in [5.74, 6) is -0.515. The molecule has 6 N–H and O–H groups in total. The van der Waals surface area contributed by atoms with E-state index in [0.29, 0.717) is 64.0 Å². The number of nitrogens with zero attached hydrogens (tertiary/aromatic N) is 2. The molecule has 2 heterocycles. The summed E-state index contributed by atoms with van der Waals surface area (Å²) in [5, 5.41) is 20.9. The maximum absolute atomic E-state index is 13.5. The van der Waals surface area contributed by atoms with Gasteiger partial charge in [0.25, 0.3) is 0 Å². The standard InChI is InChI=1S/C33H60N6O6/c1-22(2)19-23(36-30(43)45-31(3,4)5)13-10-16-27(40)38-18-12-15-26(38)29(42)37-25(14-11-17-34)28(41)35-24-20-32(6,7)39(44)33(8,9)21-24/h10,13,22-26,44H,11-12,14-21,34H2,1-9H3,(H,35,41)(H,36,43)(H,37,42)/b13-10+/t23-,25+,26+/m1/s1. The molecule has 4 amide bonds. The molecule has 258 valence electrons. The van der Waals surface area contributed by atoms with Crippen LogP contribution in [0.2, 0.25) is 0 Å². The molecule has 0 radical (unpaired) electrons. The van der Waals surface area contributed by atoms with Crippen LogP contribution in [0.5, 0.6) is 0 Å². The first kappa shape index (κ1) is 38.5. The second kappa shape index (κ2) is 16.2. The van der Waals surface area contributed by atoms with E-state index in [1.807, 2.05) is 33.8 Å². The van der Waals surface area contributed by atoms with Gasteiger partial charge in [-0.25, -0.2) is 4.79 Å². The van der Waals surface area contributed by atoms with Crippen molar-refractivity contribution in [2.24, 2.45) is 11.7 Å². The van der Waals surface area contributed by atoms with Crippen molar-refractivity contribution in [2.75, 3.05) is 13.1 Å². The van der Waals surface area contributed by atoms with Crippen molar-refractivity contribution in [3.8, 4) is 0 Å². The van der Waals surface area contributed by atoms with Crippen LogP contribution >= 0.6 is 0 Å². The second-order valence-corrected chi connectivity index (χ2v) is 15.3. The average molecular weight is 637 g/mol. The van der Waals surface area contributed by atoms with Crippen molar-refractivity contribution in [2.45, 2.75) is 155 Å². The lowest BCUT2D eigenvalue weighted by Gasteiger charge is -2.51. The van der Waals surface area contributed by atoms with E-state index in [0.717, 1.165) is 0 Å². The van der Waals surface area contributed by atoms with Crippen molar-refractivity contribution >= 4 is 23.8 Å². The highest BCUT2D eigenvalue weighted by Gasteiger charge is 2.46. The van der Waals surface area contributed by atoms with E-state index in [2.05, 4.69) is 29.8 Å². The van der Waals surface area contributed by atoms with Gasteiger partial charge < -0.3 is 36.5 Å². The summed E-state index contributed by atoms with van der Waals surface area (Å²) in [6, 6.07) is -1.93. The first-order valence-corrected chi connectivity index (χ1v) is 16.5. The monoisotopic (exact) mass is 636 g/mol. The molecule has 0 aromatic heterocycles. The quantitative estimate of drug-likeness (QED) is 0.191. The van der Waals surface area contributed by atoms with Gasteiger partial charge in [0.15, 0.2) is 0 Å². The zero-order valence-corrected chi connectivity index (χ0v) is 29.1. The molecule has 2 saturated heterocycles. The molecule has 0 aliphatic carbocycles. The fraction of sp³-hybridized carbons (Fsp3) is 0.818. The molecule has 0 saturated carbocycles. The van der Waals surface area contributed by atoms with Crippen LogP contribution in [-0.4, -0.2) is 92.9 Å². The normalized spacial score (nSPS) is 21.9. The number of carbonyl (C=O) groups is 4. The number of rotatable bonds is 13. The Morgan fingerprint density at radius 3 is 2.24 bits per heavy atom. The average Bonchev–Trinajstić information content (AvgIpc) is 3.38. The van der Waals surface area contributed by atoms with E-state index in [9.17, 15) is 24.4 Å². The van der Waals surface area contributed by atoms with Crippen LogP contribution in [0.25, 0.3) is 0 Å². The van der Waals surface area contributed by atoms with E-state index in [4.69, 9.17) is 10.5 Å². The molecule has 2 aliphatic rings. The molecule has 0 spiro atoms. The van der Waals surface area contributed by atoms with Gasteiger partial charge in [-0.05, 0) is 106 Å². The molecule has 0 aromatic carbocycles. The third-order valence-electron chi connectivity index (χ3n) is 8.28. The first-order chi connectivity index (χ1) is 20.8. The summed E-state index contributed by atoms with van der Waals surface area (Å²) in [5.41, 5.74) is 4.06. The number of nitrogens with one attached hydrogen (secondary N) is 3. The molecule has 12 heteroatoms. The lowest BCUT2D eigenvalue weighted by atomic mass is 9.79. The van der Waals surface area contributed by atoms with Gasteiger partial charge in [-0.3, -0.25) is 14.4 Å². The van der Waals surface area contributed by atoms with Gasteiger partial charge in [0.05, 0.1) is 6.04 Å². The number of hydrogen-bond donors (Lipinski definition) is 5. The minimum Gasteiger partial charge on any atom is -0.444 e. The van der Waals surface area contributed by atoms with E-state index < -0.39 is 34.9 Å². The van der Waals surface area contributed by atoms with E-state index in [1.54, 1.807) is 31.7 Å². The topological polar surface area (TPSA) is 166 Å². The minimum atomic E-state index is -0.785. The van der Waals surface area contributed by atoms with Gasteiger partial charge in [0, 0.05) is 30.1 Å². The van der Waals surface area contributed by atoms with Crippen molar-refractivity contribution < 1.29 is 29.1 Å². The SMILES string of the molecule is CC(C)C[C@@H](/C=C/CC(=O)N1CCC[C@H]1C(=O)N[C@@H](CCCN)C(=O)NC1CC(C)(C)N(O)C(C)(C)C1)NC(=O)OC(C)(C)C. The van der Waals surface area contributed by atoms with Crippen LogP contribution in [0, 0.1) is 5.92 Å². The molecule has 0 unspecified atom stereocenters. The van der Waals surface area contributed by atoms with E-state index in [-0.39, 0.29) is 36.2 Å². The van der Waals surface area contributed by atoms with Crippen molar-refractivity contribution in [3.63, 3.8) is 0 Å². The third-order valence-corrected chi connectivity index (χ3v) is 8.28. The maximum atomic E-state index is 13.5. The fourth-order valence-electron chi connectivity index (χ4n) is 6.47. The Hall–Kier alpha value is -2.70. The van der Waals surface area contributed by atoms with E-state index >= 15 is 0 Å². The van der Waals surface area contributed by atoms with Gasteiger partial charge in [-0.2, -0.15) is 5.06 Å². The number of likely N-dealkylation sites (tertiary alicyclic amines) is 1. The van der Waals surface area contributed by atoms with Crippen molar-refractivity contribution in [1.29, 1.82) is 0 Å². The minimum absolute atomic E-state index is 0.0839. The molecule has 3 atom stereocenters. The molecule has 0 bridgehead atoms. The Morgan fingerprint density at radius 2 is 1.69 bits per heavy atom. The summed E-state index contributed by atoms with van der Waals surface area (Å²) < 4.78 is 5.39. The fourth-order valence-corrected chi connectivity index (χ4v) is 6.47. The number of amides is 4. The number of hydroxylamine groups is 2. The highest BCUT2D eigenvalue weighted by atomic mass is 16.6. The van der Waals surface area contributed by atoms with Crippen LogP contribution in [0.1, 0.15) is 114 Å². The second-order valence-electron chi connectivity index (χ2n) is 15.3. The van der Waals surface area contributed by atoms with Gasteiger partial charge in [-0.1, -0.05) is 26.0 Å². The molecular weight excluding hydrogens is 576 g/mol. The van der Waals surface area contributed by atoms with Gasteiger partial charge in [0.1, 0.15) is 17.7 Å². The zero-order valence-electron chi connectivity index (χ0n) is 29.1. The summed E-state index contributed by atoms with van der Waals surface area (Å²) in [6.45, 7) is 18.1. The molecule has 12 nitrogen and oxygen atoms in total. The highest BCUT2D eigenvalue weighted by Crippen LogP contribution is 2.36. The first-order valence-electron chi connectivity index (χ1n) is 16.5. The predicted molar refractivity (Wildman–Crippen MR) is 174 cm³/mol. The molecule has 2 fully saturated rings. The number of nitrogens with two attached hydrogens (primary N) is 1. The van der Waals surface area contributed by atoms with Gasteiger partial charge in [0.2, 0.25) is 17.7 Å². The largest absolute Gasteiger partial charge is 0.444 e. The van der Waals surface area contributed by atoms with Crippen LogP contribution in [0.15, 0.2) is 12.2 Å². The Bertz CT molecular complexity index is 1030. The highest BCUT2D eigenvalue weighted by molar-refractivity contribution is 5.92. The number of alkyl carbamates (subject to hydrolysis) is 1. The van der Waals surface area contributed by atoms with Gasteiger partial charge in [-0.15, -0.1) is 0 Å². The molecule has 2 rings (SSSR count). The number of carbonyl (C=O) groups excluding carboxylic acids is 4. The molecule has 2 aliphatic heterocycles. The molecule has 45 heavy (non-hydrogen) atoms. The van der Waals surface area contributed by atoms with Crippen LogP contribution < -0.4 is 21.7 Å². The van der Waals surface area contributed by atoms with E-state index in [1.165, 1.54) is 5.06 Å². The smallest absolute Gasteiger partial charge is 0.408 e. The van der Waals surface area contributed by atoms with Gasteiger partial charge >= 0.3 is 6.09 Å². The predicted octanol–water partition coefficient (Wildman–Crippen LogP) is 3.61. The third kappa shape index (κ3) is 12.2. The van der Waals surface area contributed by atoms with Crippen LogP contribution in [-0.2, 0) is 19.1 Å². The zero-order chi connectivity index (χ0) is 34.2. The number of hydrogen-bond acceptors (Lipinski definition) is 8. The summed E-state index contributed by atoms with van der Waals surface area (Å²) in [7, 11) is 0. The maximum Gasteiger partial charge on any atom is 0.408 e. The van der Waals surface area contributed by atoms with Crippen molar-refractivity contribution in [1.82, 2.24) is 25.9 Å².